The first-order chi connectivity index (χ1) is 12.4. The smallest absolute Gasteiger partial charge is 0.256 e. The maximum atomic E-state index is 13.0. The summed E-state index contributed by atoms with van der Waals surface area (Å²) in [5.41, 5.74) is 1.14. The van der Waals surface area contributed by atoms with Gasteiger partial charge in [0.15, 0.2) is 0 Å². The van der Waals surface area contributed by atoms with Crippen LogP contribution in [0.15, 0.2) is 53.0 Å². The largest absolute Gasteiger partial charge is 0.372 e. The minimum Gasteiger partial charge on any atom is -0.372 e. The molecule has 1 N–H and O–H groups in total. The van der Waals surface area contributed by atoms with Gasteiger partial charge >= 0.3 is 0 Å². The fourth-order valence-corrected chi connectivity index (χ4v) is 3.36. The van der Waals surface area contributed by atoms with Crippen LogP contribution in [0.1, 0.15) is 34.6 Å². The van der Waals surface area contributed by atoms with E-state index < -0.39 is 0 Å². The summed E-state index contributed by atoms with van der Waals surface area (Å²) in [7, 11) is 0. The SMILES string of the molecule is CC1(C)CN(C(=O)c2ccccc2NC(=O)c2cccc(Br)c2)CCO1. The molecule has 1 aliphatic rings. The topological polar surface area (TPSA) is 58.6 Å². The minimum atomic E-state index is -0.373. The highest BCUT2D eigenvalue weighted by molar-refractivity contribution is 9.10. The lowest BCUT2D eigenvalue weighted by Gasteiger charge is -2.38. The van der Waals surface area contributed by atoms with Gasteiger partial charge in [0.2, 0.25) is 0 Å². The molecular formula is C20H21BrN2O3. The molecule has 1 saturated heterocycles. The molecule has 6 heteroatoms. The van der Waals surface area contributed by atoms with Crippen molar-refractivity contribution in [3.05, 3.63) is 64.1 Å². The number of morpholine rings is 1. The summed E-state index contributed by atoms with van der Waals surface area (Å²) in [5, 5.41) is 2.86. The standard InChI is InChI=1S/C20H21BrN2O3/c1-20(2)13-23(10-11-26-20)19(25)16-8-3-4-9-17(16)22-18(24)14-6-5-7-15(21)12-14/h3-9,12H,10-11,13H2,1-2H3,(H,22,24). The Morgan fingerprint density at radius 1 is 1.15 bits per heavy atom. The number of benzene rings is 2. The maximum Gasteiger partial charge on any atom is 0.256 e. The number of nitrogens with one attached hydrogen (secondary N) is 1. The zero-order chi connectivity index (χ0) is 18.7. The van der Waals surface area contributed by atoms with E-state index in [1.54, 1.807) is 47.4 Å². The number of carbonyl (C=O) groups is 2. The number of ether oxygens (including phenoxy) is 1. The van der Waals surface area contributed by atoms with Gasteiger partial charge in [0.25, 0.3) is 11.8 Å². The zero-order valence-corrected chi connectivity index (χ0v) is 16.4. The van der Waals surface area contributed by atoms with E-state index in [1.807, 2.05) is 19.9 Å². The van der Waals surface area contributed by atoms with Crippen molar-refractivity contribution >= 4 is 33.4 Å². The molecule has 0 bridgehead atoms. The number of halogens is 1. The van der Waals surface area contributed by atoms with Gasteiger partial charge in [-0.1, -0.05) is 34.1 Å². The molecule has 2 aromatic carbocycles. The molecule has 2 aromatic rings. The van der Waals surface area contributed by atoms with E-state index in [0.29, 0.717) is 36.5 Å². The molecule has 0 saturated carbocycles. The lowest BCUT2D eigenvalue weighted by molar-refractivity contribution is -0.0763. The van der Waals surface area contributed by atoms with Crippen molar-refractivity contribution in [2.45, 2.75) is 19.4 Å². The van der Waals surface area contributed by atoms with Crippen LogP contribution in [0.2, 0.25) is 0 Å². The van der Waals surface area contributed by atoms with Crippen molar-refractivity contribution in [2.75, 3.05) is 25.0 Å². The van der Waals surface area contributed by atoms with E-state index in [2.05, 4.69) is 21.2 Å². The van der Waals surface area contributed by atoms with Crippen LogP contribution in [0.5, 0.6) is 0 Å². The summed E-state index contributed by atoms with van der Waals surface area (Å²) in [5.74, 6) is -0.361. The summed E-state index contributed by atoms with van der Waals surface area (Å²) in [6, 6.07) is 14.2. The second kappa shape index (κ2) is 7.60. The molecule has 136 valence electrons. The molecule has 1 heterocycles. The average Bonchev–Trinajstić information content (AvgIpc) is 2.60. The second-order valence-corrected chi connectivity index (χ2v) is 7.76. The maximum absolute atomic E-state index is 13.0. The van der Waals surface area contributed by atoms with Crippen LogP contribution in [-0.2, 0) is 4.74 Å². The Morgan fingerprint density at radius 3 is 2.65 bits per heavy atom. The quantitative estimate of drug-likeness (QED) is 0.823. The Labute approximate surface area is 161 Å². The van der Waals surface area contributed by atoms with Crippen LogP contribution < -0.4 is 5.32 Å². The van der Waals surface area contributed by atoms with E-state index in [4.69, 9.17) is 4.74 Å². The Balaban J connectivity index is 1.82. The molecule has 2 amide bonds. The number of nitrogens with zero attached hydrogens (tertiary/aromatic N) is 1. The summed E-state index contributed by atoms with van der Waals surface area (Å²) in [6.45, 7) is 5.49. The lowest BCUT2D eigenvalue weighted by Crippen LogP contribution is -2.50. The van der Waals surface area contributed by atoms with Crippen LogP contribution in [0.3, 0.4) is 0 Å². The Hall–Kier alpha value is -2.18. The molecule has 3 rings (SSSR count). The molecule has 1 fully saturated rings. The van der Waals surface area contributed by atoms with Crippen LogP contribution >= 0.6 is 15.9 Å². The molecule has 5 nitrogen and oxygen atoms in total. The van der Waals surface area contributed by atoms with Crippen molar-refractivity contribution in [1.82, 2.24) is 4.90 Å². The number of para-hydroxylation sites is 1. The van der Waals surface area contributed by atoms with Gasteiger partial charge in [0, 0.05) is 23.1 Å². The average molecular weight is 417 g/mol. The third-order valence-electron chi connectivity index (χ3n) is 4.21. The summed E-state index contributed by atoms with van der Waals surface area (Å²) in [4.78, 5) is 27.3. The first-order valence-corrected chi connectivity index (χ1v) is 9.24. The monoisotopic (exact) mass is 416 g/mol. The van der Waals surface area contributed by atoms with Crippen molar-refractivity contribution in [2.24, 2.45) is 0 Å². The van der Waals surface area contributed by atoms with Gasteiger partial charge in [-0.3, -0.25) is 9.59 Å². The van der Waals surface area contributed by atoms with Crippen molar-refractivity contribution in [3.8, 4) is 0 Å². The van der Waals surface area contributed by atoms with E-state index in [9.17, 15) is 9.59 Å². The highest BCUT2D eigenvalue weighted by atomic mass is 79.9. The van der Waals surface area contributed by atoms with Crippen LogP contribution in [-0.4, -0.2) is 42.0 Å². The van der Waals surface area contributed by atoms with Crippen molar-refractivity contribution in [3.63, 3.8) is 0 Å². The van der Waals surface area contributed by atoms with Gasteiger partial charge in [-0.25, -0.2) is 0 Å². The predicted octanol–water partition coefficient (Wildman–Crippen LogP) is 3.95. The number of hydrogen-bond acceptors (Lipinski definition) is 3. The lowest BCUT2D eigenvalue weighted by atomic mass is 10.1. The normalized spacial score (nSPS) is 16.2. The molecule has 0 spiro atoms. The van der Waals surface area contributed by atoms with Gasteiger partial charge < -0.3 is 15.0 Å². The minimum absolute atomic E-state index is 0.105. The molecule has 0 atom stereocenters. The fourth-order valence-electron chi connectivity index (χ4n) is 2.96. The third-order valence-corrected chi connectivity index (χ3v) is 4.70. The van der Waals surface area contributed by atoms with Crippen LogP contribution in [0.4, 0.5) is 5.69 Å². The number of hydrogen-bond donors (Lipinski definition) is 1. The van der Waals surface area contributed by atoms with Crippen molar-refractivity contribution in [1.29, 1.82) is 0 Å². The molecule has 1 aliphatic heterocycles. The number of carbonyl (C=O) groups excluding carboxylic acids is 2. The predicted molar refractivity (Wildman–Crippen MR) is 104 cm³/mol. The molecular weight excluding hydrogens is 396 g/mol. The number of amides is 2. The Morgan fingerprint density at radius 2 is 1.92 bits per heavy atom. The van der Waals surface area contributed by atoms with E-state index in [0.717, 1.165) is 4.47 Å². The molecule has 0 radical (unpaired) electrons. The van der Waals surface area contributed by atoms with Crippen LogP contribution in [0, 0.1) is 0 Å². The fraction of sp³-hybridized carbons (Fsp3) is 0.300. The summed E-state index contributed by atoms with van der Waals surface area (Å²) >= 11 is 3.36. The summed E-state index contributed by atoms with van der Waals surface area (Å²) in [6.07, 6.45) is 0. The first kappa shape index (κ1) is 18.6. The highest BCUT2D eigenvalue weighted by Crippen LogP contribution is 2.23. The second-order valence-electron chi connectivity index (χ2n) is 6.84. The molecule has 0 unspecified atom stereocenters. The number of rotatable bonds is 3. The first-order valence-electron chi connectivity index (χ1n) is 8.45. The van der Waals surface area contributed by atoms with Gasteiger partial charge in [-0.15, -0.1) is 0 Å². The highest BCUT2D eigenvalue weighted by Gasteiger charge is 2.31. The summed E-state index contributed by atoms with van der Waals surface area (Å²) < 4.78 is 6.50. The molecule has 26 heavy (non-hydrogen) atoms. The Kier molecular flexibility index (Phi) is 5.44. The van der Waals surface area contributed by atoms with E-state index >= 15 is 0 Å². The zero-order valence-electron chi connectivity index (χ0n) is 14.8. The van der Waals surface area contributed by atoms with Crippen molar-refractivity contribution < 1.29 is 14.3 Å². The van der Waals surface area contributed by atoms with Gasteiger partial charge in [0.1, 0.15) is 0 Å². The number of anilines is 1. The van der Waals surface area contributed by atoms with Gasteiger partial charge in [-0.05, 0) is 44.2 Å². The van der Waals surface area contributed by atoms with Crippen LogP contribution in [0.25, 0.3) is 0 Å². The van der Waals surface area contributed by atoms with E-state index in [-0.39, 0.29) is 17.4 Å². The van der Waals surface area contributed by atoms with Gasteiger partial charge in [-0.2, -0.15) is 0 Å². The van der Waals surface area contributed by atoms with Gasteiger partial charge in [0.05, 0.1) is 23.5 Å². The van der Waals surface area contributed by atoms with E-state index in [1.165, 1.54) is 0 Å². The molecule has 0 aromatic heterocycles. The Bertz CT molecular complexity index is 835. The molecule has 0 aliphatic carbocycles. The third kappa shape index (κ3) is 4.31.